The van der Waals surface area contributed by atoms with E-state index in [1.807, 2.05) is 44.2 Å². The number of aryl methyl sites for hydroxylation is 2. The molecule has 0 bridgehead atoms. The minimum absolute atomic E-state index is 0.0286. The number of nitrogens with zero attached hydrogens (tertiary/aromatic N) is 3. The van der Waals surface area contributed by atoms with E-state index in [1.54, 1.807) is 28.8 Å². The second-order valence-electron chi connectivity index (χ2n) is 6.69. The van der Waals surface area contributed by atoms with Crippen molar-refractivity contribution in [3.8, 4) is 0 Å². The fourth-order valence-corrected chi connectivity index (χ4v) is 3.29. The number of benzene rings is 2. The summed E-state index contributed by atoms with van der Waals surface area (Å²) >= 11 is 0. The molecule has 0 saturated carbocycles. The Morgan fingerprint density at radius 3 is 2.74 bits per heavy atom. The molecule has 0 spiro atoms. The molecule has 0 aliphatic rings. The molecule has 136 valence electrons. The number of hydrogen-bond acceptors (Lipinski definition) is 4. The Balaban J connectivity index is 1.76. The Morgan fingerprint density at radius 1 is 1.15 bits per heavy atom. The lowest BCUT2D eigenvalue weighted by atomic mass is 10.1. The van der Waals surface area contributed by atoms with Crippen molar-refractivity contribution >= 4 is 33.5 Å². The van der Waals surface area contributed by atoms with Gasteiger partial charge in [-0.15, -0.1) is 0 Å². The number of likely N-dealkylation sites (N-methyl/N-ethyl adjacent to an activating group) is 1. The summed E-state index contributed by atoms with van der Waals surface area (Å²) in [4.78, 5) is 26.7. The summed E-state index contributed by atoms with van der Waals surface area (Å²) in [7, 11) is 1.75. The zero-order valence-electron chi connectivity index (χ0n) is 15.4. The molecular formula is C21H19N3O3. The number of aromatic nitrogens is 2. The Bertz CT molecular complexity index is 1240. The predicted octanol–water partition coefficient (Wildman–Crippen LogP) is 3.42. The summed E-state index contributed by atoms with van der Waals surface area (Å²) in [6, 6.07) is 13.3. The summed E-state index contributed by atoms with van der Waals surface area (Å²) in [5.41, 5.74) is 3.61. The molecule has 2 aromatic heterocycles. The highest BCUT2D eigenvalue weighted by Gasteiger charge is 2.18. The quantitative estimate of drug-likeness (QED) is 0.524. The van der Waals surface area contributed by atoms with Crippen molar-refractivity contribution in [2.24, 2.45) is 0 Å². The van der Waals surface area contributed by atoms with Crippen molar-refractivity contribution in [3.05, 3.63) is 70.2 Å². The molecule has 1 amide bonds. The molecular weight excluding hydrogens is 342 g/mol. The van der Waals surface area contributed by atoms with Crippen LogP contribution < -0.4 is 10.5 Å². The van der Waals surface area contributed by atoms with E-state index in [4.69, 9.17) is 4.42 Å². The first-order valence-corrected chi connectivity index (χ1v) is 8.67. The number of hydrogen-bond donors (Lipinski definition) is 0. The number of carbonyl (C=O) groups is 1. The van der Waals surface area contributed by atoms with Gasteiger partial charge < -0.3 is 9.32 Å². The molecule has 2 heterocycles. The number of rotatable bonds is 3. The van der Waals surface area contributed by atoms with Crippen molar-refractivity contribution in [1.82, 2.24) is 9.78 Å². The highest BCUT2D eigenvalue weighted by Crippen LogP contribution is 2.24. The van der Waals surface area contributed by atoms with Crippen molar-refractivity contribution in [2.75, 3.05) is 11.9 Å². The molecule has 6 nitrogen and oxygen atoms in total. The molecule has 4 rings (SSSR count). The minimum atomic E-state index is -0.453. The lowest BCUT2D eigenvalue weighted by molar-refractivity contribution is -0.119. The van der Waals surface area contributed by atoms with Crippen LogP contribution >= 0.6 is 0 Å². The first-order valence-electron chi connectivity index (χ1n) is 8.67. The van der Waals surface area contributed by atoms with Crippen molar-refractivity contribution in [3.63, 3.8) is 0 Å². The van der Waals surface area contributed by atoms with Crippen LogP contribution in [0.2, 0.25) is 0 Å². The maximum absolute atomic E-state index is 12.9. The number of carbonyl (C=O) groups excluding carboxylic acids is 1. The maximum Gasteiger partial charge on any atom is 0.347 e. The molecule has 0 atom stereocenters. The Labute approximate surface area is 155 Å². The van der Waals surface area contributed by atoms with Gasteiger partial charge in [-0.3, -0.25) is 9.48 Å². The van der Waals surface area contributed by atoms with E-state index in [1.165, 1.54) is 6.20 Å². The van der Waals surface area contributed by atoms with E-state index in [0.717, 1.165) is 22.2 Å². The highest BCUT2D eigenvalue weighted by molar-refractivity contribution is 6.03. The maximum atomic E-state index is 12.9. The fraction of sp³-hybridized carbons (Fsp3) is 0.190. The van der Waals surface area contributed by atoms with Crippen LogP contribution in [0.5, 0.6) is 0 Å². The topological polar surface area (TPSA) is 68.3 Å². The Kier molecular flexibility index (Phi) is 4.03. The molecule has 27 heavy (non-hydrogen) atoms. The first kappa shape index (κ1) is 17.0. The van der Waals surface area contributed by atoms with E-state index in [9.17, 15) is 9.59 Å². The monoisotopic (exact) mass is 361 g/mol. The van der Waals surface area contributed by atoms with Gasteiger partial charge in [0, 0.05) is 18.1 Å². The second-order valence-corrected chi connectivity index (χ2v) is 6.69. The van der Waals surface area contributed by atoms with Gasteiger partial charge in [-0.05, 0) is 43.2 Å². The van der Waals surface area contributed by atoms with E-state index in [0.29, 0.717) is 16.5 Å². The average molecular weight is 361 g/mol. The fourth-order valence-electron chi connectivity index (χ4n) is 3.29. The van der Waals surface area contributed by atoms with Gasteiger partial charge in [0.05, 0.1) is 11.7 Å². The van der Waals surface area contributed by atoms with E-state index >= 15 is 0 Å². The smallest absolute Gasteiger partial charge is 0.347 e. The molecule has 2 aromatic carbocycles. The van der Waals surface area contributed by atoms with Gasteiger partial charge >= 0.3 is 5.63 Å². The molecule has 0 unspecified atom stereocenters. The van der Waals surface area contributed by atoms with E-state index in [-0.39, 0.29) is 12.5 Å². The molecule has 0 saturated heterocycles. The molecule has 6 heteroatoms. The van der Waals surface area contributed by atoms with Gasteiger partial charge in [0.25, 0.3) is 0 Å². The minimum Gasteiger partial charge on any atom is -0.422 e. The molecule has 4 aromatic rings. The summed E-state index contributed by atoms with van der Waals surface area (Å²) < 4.78 is 6.90. The van der Waals surface area contributed by atoms with Crippen LogP contribution in [0.25, 0.3) is 21.9 Å². The average Bonchev–Trinajstić information content (AvgIpc) is 3.08. The number of para-hydroxylation sites is 1. The molecule has 0 aliphatic heterocycles. The van der Waals surface area contributed by atoms with Crippen LogP contribution in [0.3, 0.4) is 0 Å². The van der Waals surface area contributed by atoms with Gasteiger partial charge in [0.1, 0.15) is 17.5 Å². The third kappa shape index (κ3) is 2.89. The van der Waals surface area contributed by atoms with Crippen LogP contribution in [0, 0.1) is 13.8 Å². The number of fused-ring (bicyclic) bond motifs is 3. The van der Waals surface area contributed by atoms with Gasteiger partial charge in [-0.2, -0.15) is 5.10 Å². The third-order valence-electron chi connectivity index (χ3n) is 4.79. The summed E-state index contributed by atoms with van der Waals surface area (Å²) in [6.45, 7) is 4.00. The zero-order valence-corrected chi connectivity index (χ0v) is 15.4. The van der Waals surface area contributed by atoms with Crippen molar-refractivity contribution in [2.45, 2.75) is 20.4 Å². The van der Waals surface area contributed by atoms with Crippen LogP contribution in [-0.4, -0.2) is 22.7 Å². The Morgan fingerprint density at radius 2 is 1.93 bits per heavy atom. The number of amides is 1. The van der Waals surface area contributed by atoms with Crippen LogP contribution in [0.1, 0.15) is 11.1 Å². The highest BCUT2D eigenvalue weighted by atomic mass is 16.4. The number of anilines is 1. The van der Waals surface area contributed by atoms with E-state index < -0.39 is 5.63 Å². The zero-order chi connectivity index (χ0) is 19.1. The van der Waals surface area contributed by atoms with Crippen LogP contribution in [0.15, 0.2) is 57.9 Å². The van der Waals surface area contributed by atoms with Crippen LogP contribution in [0.4, 0.5) is 5.69 Å². The lowest BCUT2D eigenvalue weighted by Gasteiger charge is -2.20. The summed E-state index contributed by atoms with van der Waals surface area (Å²) in [5.74, 6) is -0.119. The van der Waals surface area contributed by atoms with Crippen molar-refractivity contribution < 1.29 is 9.21 Å². The second kappa shape index (κ2) is 6.39. The van der Waals surface area contributed by atoms with Gasteiger partial charge in [0.15, 0.2) is 0 Å². The van der Waals surface area contributed by atoms with E-state index in [2.05, 4.69) is 5.10 Å². The SMILES string of the molecule is Cc1ccc(C)c(N(C)C(=O)Cn2ncc3c(=O)oc4ccccc4c32)c1. The van der Waals surface area contributed by atoms with Gasteiger partial charge in [-0.25, -0.2) is 4.79 Å². The van der Waals surface area contributed by atoms with Gasteiger partial charge in [-0.1, -0.05) is 24.3 Å². The molecule has 0 N–H and O–H groups in total. The summed E-state index contributed by atoms with van der Waals surface area (Å²) in [6.07, 6.45) is 1.46. The largest absolute Gasteiger partial charge is 0.422 e. The van der Waals surface area contributed by atoms with Crippen molar-refractivity contribution in [1.29, 1.82) is 0 Å². The Hall–Kier alpha value is -3.41. The molecule has 0 radical (unpaired) electrons. The van der Waals surface area contributed by atoms with Crippen LogP contribution in [-0.2, 0) is 11.3 Å². The molecule has 0 aliphatic carbocycles. The normalized spacial score (nSPS) is 11.2. The standard InChI is InChI=1S/C21H19N3O3/c1-13-8-9-14(2)17(10-13)23(3)19(25)12-24-20-15-6-4-5-7-18(15)27-21(26)16(20)11-22-24/h4-11H,12H2,1-3H3. The predicted molar refractivity (Wildman–Crippen MR) is 105 cm³/mol. The third-order valence-corrected chi connectivity index (χ3v) is 4.79. The summed E-state index contributed by atoms with van der Waals surface area (Å²) in [5, 5.41) is 5.40. The lowest BCUT2D eigenvalue weighted by Crippen LogP contribution is -2.31. The first-order chi connectivity index (χ1) is 13.0. The van der Waals surface area contributed by atoms with Gasteiger partial charge in [0.2, 0.25) is 5.91 Å². The molecule has 0 fully saturated rings.